The van der Waals surface area contributed by atoms with Crippen molar-refractivity contribution in [2.75, 3.05) is 20.3 Å². The fraction of sp³-hybridized carbons (Fsp3) is 0.400. The molecule has 20 heavy (non-hydrogen) atoms. The molecule has 0 aliphatic rings. The molecule has 0 atom stereocenters. The molecule has 5 nitrogen and oxygen atoms in total. The molecule has 0 amide bonds. The van der Waals surface area contributed by atoms with E-state index >= 15 is 0 Å². The van der Waals surface area contributed by atoms with Crippen molar-refractivity contribution in [2.24, 2.45) is 5.73 Å². The summed E-state index contributed by atoms with van der Waals surface area (Å²) >= 11 is 0. The molecule has 108 valence electrons. The van der Waals surface area contributed by atoms with E-state index in [1.807, 2.05) is 31.3 Å². The van der Waals surface area contributed by atoms with E-state index in [0.29, 0.717) is 13.2 Å². The molecule has 0 fully saturated rings. The Morgan fingerprint density at radius 2 is 2.15 bits per heavy atom. The average Bonchev–Trinajstić information content (AvgIpc) is 2.85. The first kappa shape index (κ1) is 14.4. The normalized spacial score (nSPS) is 10.6. The van der Waals surface area contributed by atoms with Gasteiger partial charge in [-0.05, 0) is 37.6 Å². The summed E-state index contributed by atoms with van der Waals surface area (Å²) in [5, 5.41) is 0. The van der Waals surface area contributed by atoms with E-state index in [1.54, 1.807) is 13.3 Å². The van der Waals surface area contributed by atoms with Gasteiger partial charge in [-0.3, -0.25) is 0 Å². The van der Waals surface area contributed by atoms with E-state index in [4.69, 9.17) is 15.2 Å². The molecule has 1 aromatic heterocycles. The smallest absolute Gasteiger partial charge is 0.161 e. The minimum absolute atomic E-state index is 0.569. The maximum atomic E-state index is 5.83. The number of aryl methyl sites for hydroxylation is 1. The average molecular weight is 275 g/mol. The number of nitrogens with zero attached hydrogens (tertiary/aromatic N) is 2. The summed E-state index contributed by atoms with van der Waals surface area (Å²) in [7, 11) is 1.64. The lowest BCUT2D eigenvalue weighted by Crippen LogP contribution is -2.10. The number of hydrogen-bond donors (Lipinski definition) is 1. The van der Waals surface area contributed by atoms with Crippen molar-refractivity contribution in [3.8, 4) is 11.5 Å². The lowest BCUT2D eigenvalue weighted by molar-refractivity contribution is 0.278. The highest BCUT2D eigenvalue weighted by Crippen LogP contribution is 2.28. The third-order valence-electron chi connectivity index (χ3n) is 3.17. The second-order valence-corrected chi connectivity index (χ2v) is 4.54. The van der Waals surface area contributed by atoms with Crippen molar-refractivity contribution >= 4 is 0 Å². The van der Waals surface area contributed by atoms with Gasteiger partial charge in [0, 0.05) is 12.4 Å². The number of hydrogen-bond acceptors (Lipinski definition) is 4. The number of imidazole rings is 1. The maximum Gasteiger partial charge on any atom is 0.161 e. The van der Waals surface area contributed by atoms with Crippen LogP contribution in [0.2, 0.25) is 0 Å². The number of benzene rings is 1. The number of aromatic nitrogens is 2. The molecule has 2 rings (SSSR count). The molecule has 5 heteroatoms. The minimum Gasteiger partial charge on any atom is -0.493 e. The molecule has 0 aliphatic heterocycles. The second kappa shape index (κ2) is 6.96. The van der Waals surface area contributed by atoms with Crippen LogP contribution in [0.15, 0.2) is 30.6 Å². The Balaban J connectivity index is 2.00. The third kappa shape index (κ3) is 3.51. The van der Waals surface area contributed by atoms with Crippen molar-refractivity contribution < 1.29 is 9.47 Å². The molecule has 1 aromatic carbocycles. The Morgan fingerprint density at radius 1 is 1.30 bits per heavy atom. The maximum absolute atomic E-state index is 5.83. The summed E-state index contributed by atoms with van der Waals surface area (Å²) in [4.78, 5) is 4.18. The van der Waals surface area contributed by atoms with Crippen LogP contribution >= 0.6 is 0 Å². The van der Waals surface area contributed by atoms with E-state index in [2.05, 4.69) is 9.55 Å². The second-order valence-electron chi connectivity index (χ2n) is 4.54. The topological polar surface area (TPSA) is 62.3 Å². The van der Waals surface area contributed by atoms with Gasteiger partial charge in [-0.2, -0.15) is 0 Å². The summed E-state index contributed by atoms with van der Waals surface area (Å²) in [6.07, 6.45) is 4.57. The predicted octanol–water partition coefficient (Wildman–Crippen LogP) is 1.78. The number of ether oxygens (including phenoxy) is 2. The highest BCUT2D eigenvalue weighted by molar-refractivity contribution is 5.43. The fourth-order valence-corrected chi connectivity index (χ4v) is 2.05. The van der Waals surface area contributed by atoms with Crippen molar-refractivity contribution in [1.82, 2.24) is 9.55 Å². The quantitative estimate of drug-likeness (QED) is 0.836. The largest absolute Gasteiger partial charge is 0.493 e. The van der Waals surface area contributed by atoms with Crippen molar-refractivity contribution in [3.63, 3.8) is 0 Å². The van der Waals surface area contributed by atoms with Crippen molar-refractivity contribution in [3.05, 3.63) is 42.0 Å². The van der Waals surface area contributed by atoms with Gasteiger partial charge in [-0.1, -0.05) is 6.07 Å². The van der Waals surface area contributed by atoms with Crippen LogP contribution in [-0.2, 0) is 13.0 Å². The molecule has 0 spiro atoms. The van der Waals surface area contributed by atoms with Crippen LogP contribution in [-0.4, -0.2) is 29.8 Å². The van der Waals surface area contributed by atoms with Gasteiger partial charge in [-0.25, -0.2) is 4.98 Å². The van der Waals surface area contributed by atoms with E-state index in [0.717, 1.165) is 35.9 Å². The Hall–Kier alpha value is -2.01. The Bertz CT molecular complexity index is 552. The van der Waals surface area contributed by atoms with E-state index in [1.165, 1.54) is 0 Å². The number of rotatable bonds is 7. The van der Waals surface area contributed by atoms with E-state index in [9.17, 15) is 0 Å². The van der Waals surface area contributed by atoms with Gasteiger partial charge in [-0.15, -0.1) is 0 Å². The van der Waals surface area contributed by atoms with Gasteiger partial charge in [0.25, 0.3) is 0 Å². The zero-order valence-corrected chi connectivity index (χ0v) is 12.0. The predicted molar refractivity (Wildman–Crippen MR) is 78.2 cm³/mol. The first-order valence-electron chi connectivity index (χ1n) is 6.72. The molecule has 2 aromatic rings. The van der Waals surface area contributed by atoms with Gasteiger partial charge in [0.1, 0.15) is 12.4 Å². The molecule has 0 bridgehead atoms. The minimum atomic E-state index is 0.569. The molecule has 0 radical (unpaired) electrons. The SMILES string of the molecule is COc1ccc(CCN)cc1OCCn1ccnc1C. The van der Waals surface area contributed by atoms with Gasteiger partial charge in [0.15, 0.2) is 11.5 Å². The molecule has 1 heterocycles. The molecular weight excluding hydrogens is 254 g/mol. The summed E-state index contributed by atoms with van der Waals surface area (Å²) in [6.45, 7) is 3.93. The molecule has 2 N–H and O–H groups in total. The van der Waals surface area contributed by atoms with Crippen LogP contribution in [0.3, 0.4) is 0 Å². The lowest BCUT2D eigenvalue weighted by atomic mass is 10.1. The zero-order chi connectivity index (χ0) is 14.4. The molecule has 0 saturated carbocycles. The first-order chi connectivity index (χ1) is 9.74. The van der Waals surface area contributed by atoms with Gasteiger partial charge in [0.2, 0.25) is 0 Å². The van der Waals surface area contributed by atoms with Gasteiger partial charge < -0.3 is 19.8 Å². The van der Waals surface area contributed by atoms with Crippen molar-refractivity contribution in [2.45, 2.75) is 19.9 Å². The molecular formula is C15H21N3O2. The van der Waals surface area contributed by atoms with Crippen LogP contribution in [0.1, 0.15) is 11.4 Å². The number of nitrogens with two attached hydrogens (primary N) is 1. The highest BCUT2D eigenvalue weighted by Gasteiger charge is 2.06. The highest BCUT2D eigenvalue weighted by atomic mass is 16.5. The summed E-state index contributed by atoms with van der Waals surface area (Å²) in [5.41, 5.74) is 6.73. The molecule has 0 saturated heterocycles. The zero-order valence-electron chi connectivity index (χ0n) is 12.0. The first-order valence-corrected chi connectivity index (χ1v) is 6.72. The Labute approximate surface area is 119 Å². The standard InChI is InChI=1S/C15H21N3O2/c1-12-17-7-8-18(12)9-10-20-15-11-13(5-6-16)3-4-14(15)19-2/h3-4,7-8,11H,5-6,9-10,16H2,1-2H3. The number of methoxy groups -OCH3 is 1. The molecule has 0 aliphatic carbocycles. The monoisotopic (exact) mass is 275 g/mol. The fourth-order valence-electron chi connectivity index (χ4n) is 2.05. The summed E-state index contributed by atoms with van der Waals surface area (Å²) < 4.78 is 13.2. The van der Waals surface area contributed by atoms with Crippen LogP contribution in [0.5, 0.6) is 11.5 Å². The van der Waals surface area contributed by atoms with Gasteiger partial charge >= 0.3 is 0 Å². The van der Waals surface area contributed by atoms with E-state index < -0.39 is 0 Å². The van der Waals surface area contributed by atoms with Crippen LogP contribution in [0.25, 0.3) is 0 Å². The lowest BCUT2D eigenvalue weighted by Gasteiger charge is -2.13. The van der Waals surface area contributed by atoms with E-state index in [-0.39, 0.29) is 0 Å². The van der Waals surface area contributed by atoms with Crippen molar-refractivity contribution in [1.29, 1.82) is 0 Å². The van der Waals surface area contributed by atoms with Gasteiger partial charge in [0.05, 0.1) is 13.7 Å². The van der Waals surface area contributed by atoms with Crippen LogP contribution in [0, 0.1) is 6.92 Å². The van der Waals surface area contributed by atoms with Crippen LogP contribution < -0.4 is 15.2 Å². The van der Waals surface area contributed by atoms with Crippen LogP contribution in [0.4, 0.5) is 0 Å². The Kier molecular flexibility index (Phi) is 5.01. The third-order valence-corrected chi connectivity index (χ3v) is 3.17. The Morgan fingerprint density at radius 3 is 2.80 bits per heavy atom. The summed E-state index contributed by atoms with van der Waals surface area (Å²) in [5.74, 6) is 2.49. The summed E-state index contributed by atoms with van der Waals surface area (Å²) in [6, 6.07) is 5.92. The molecule has 0 unspecified atom stereocenters.